The van der Waals surface area contributed by atoms with Crippen LogP contribution in [-0.2, 0) is 11.3 Å². The number of fused-ring (bicyclic) bond motifs is 3. The molecule has 0 atom stereocenters. The molecule has 0 unspecified atom stereocenters. The van der Waals surface area contributed by atoms with E-state index in [4.69, 9.17) is 4.98 Å². The van der Waals surface area contributed by atoms with Gasteiger partial charge in [-0.15, -0.1) is 0 Å². The van der Waals surface area contributed by atoms with Gasteiger partial charge in [0.05, 0.1) is 33.9 Å². The van der Waals surface area contributed by atoms with Gasteiger partial charge in [-0.2, -0.15) is 0 Å². The van der Waals surface area contributed by atoms with Crippen LogP contribution in [0.2, 0.25) is 0 Å². The van der Waals surface area contributed by atoms with Crippen LogP contribution >= 0.6 is 11.3 Å². The largest absolute Gasteiger partial charge is 0.550 e. The summed E-state index contributed by atoms with van der Waals surface area (Å²) >= 11 is 1.61. The number of carbonyl (C=O) groups is 1. The Kier molecular flexibility index (Phi) is 4.91. The molecule has 1 N–H and O–H groups in total. The minimum Gasteiger partial charge on any atom is -0.550 e. The van der Waals surface area contributed by atoms with Crippen molar-refractivity contribution in [2.24, 2.45) is 5.92 Å². The van der Waals surface area contributed by atoms with Crippen molar-refractivity contribution < 1.29 is 19.7 Å². The zero-order chi connectivity index (χ0) is 21.5. The number of quaternary nitrogens is 1. The van der Waals surface area contributed by atoms with Crippen LogP contribution in [0.3, 0.4) is 0 Å². The first-order valence-corrected chi connectivity index (χ1v) is 11.0. The number of likely N-dealkylation sites (tertiary alicyclic amines) is 1. The highest BCUT2D eigenvalue weighted by Gasteiger charge is 2.27. The third kappa shape index (κ3) is 3.55. The molecule has 8 nitrogen and oxygen atoms in total. The second-order valence-corrected chi connectivity index (χ2v) is 8.93. The number of non-ortho nitro benzene ring substituents is 1. The van der Waals surface area contributed by atoms with E-state index in [0.717, 1.165) is 45.2 Å². The highest BCUT2D eigenvalue weighted by atomic mass is 32.1. The molecule has 0 radical (unpaired) electrons. The third-order valence-electron chi connectivity index (χ3n) is 6.04. The van der Waals surface area contributed by atoms with E-state index in [2.05, 4.69) is 16.5 Å². The van der Waals surface area contributed by atoms with Gasteiger partial charge in [-0.1, -0.05) is 23.5 Å². The normalized spacial score (nSPS) is 19.1. The summed E-state index contributed by atoms with van der Waals surface area (Å²) in [5.74, 6) is -1.33. The summed E-state index contributed by atoms with van der Waals surface area (Å²) in [6.07, 6.45) is 1.22. The van der Waals surface area contributed by atoms with E-state index in [9.17, 15) is 20.0 Å². The van der Waals surface area contributed by atoms with Crippen LogP contribution in [0.15, 0.2) is 48.5 Å². The lowest BCUT2D eigenvalue weighted by molar-refractivity contribution is -0.919. The first kappa shape index (κ1) is 19.7. The van der Waals surface area contributed by atoms with Crippen molar-refractivity contribution in [1.82, 2.24) is 9.38 Å². The minimum absolute atomic E-state index is 0.0479. The predicted octanol–water partition coefficient (Wildman–Crippen LogP) is 1.67. The molecule has 0 bridgehead atoms. The highest BCUT2D eigenvalue weighted by molar-refractivity contribution is 7.23. The molecule has 9 heteroatoms. The number of thiazole rings is 1. The monoisotopic (exact) mass is 436 g/mol. The van der Waals surface area contributed by atoms with E-state index in [0.29, 0.717) is 19.4 Å². The number of benzene rings is 2. The SMILES string of the molecule is O=C([O-])C1CC[NH+](Cc2c(-c3ccc([N+](=O)[O-])cc3)nc3sc4ccccc4n23)CC1. The van der Waals surface area contributed by atoms with Crippen molar-refractivity contribution in [3.63, 3.8) is 0 Å². The number of nitro benzene ring substituents is 1. The van der Waals surface area contributed by atoms with Crippen LogP contribution in [0.25, 0.3) is 26.4 Å². The molecule has 0 amide bonds. The number of para-hydroxylation sites is 1. The molecule has 2 aromatic heterocycles. The number of nitrogens with zero attached hydrogens (tertiary/aromatic N) is 3. The number of nitro groups is 1. The van der Waals surface area contributed by atoms with Crippen LogP contribution < -0.4 is 10.0 Å². The predicted molar refractivity (Wildman–Crippen MR) is 115 cm³/mol. The molecule has 31 heavy (non-hydrogen) atoms. The zero-order valence-corrected chi connectivity index (χ0v) is 17.4. The van der Waals surface area contributed by atoms with E-state index in [1.54, 1.807) is 23.5 Å². The number of aliphatic carboxylic acids is 1. The number of piperidine rings is 1. The van der Waals surface area contributed by atoms with Gasteiger partial charge in [-0.3, -0.25) is 14.5 Å². The van der Waals surface area contributed by atoms with Gasteiger partial charge in [0.1, 0.15) is 12.2 Å². The van der Waals surface area contributed by atoms with E-state index in [1.165, 1.54) is 17.0 Å². The number of imidazole rings is 1. The van der Waals surface area contributed by atoms with Crippen LogP contribution in [-0.4, -0.2) is 33.4 Å². The maximum absolute atomic E-state index is 11.2. The van der Waals surface area contributed by atoms with Crippen molar-refractivity contribution in [1.29, 1.82) is 0 Å². The fourth-order valence-corrected chi connectivity index (χ4v) is 5.43. The Hall–Kier alpha value is -3.30. The first-order valence-electron chi connectivity index (χ1n) is 10.2. The van der Waals surface area contributed by atoms with Crippen molar-refractivity contribution in [3.8, 4) is 11.3 Å². The van der Waals surface area contributed by atoms with Crippen LogP contribution in [0.1, 0.15) is 18.5 Å². The third-order valence-corrected chi connectivity index (χ3v) is 7.07. The minimum atomic E-state index is -0.957. The van der Waals surface area contributed by atoms with Gasteiger partial charge in [-0.05, 0) is 24.3 Å². The van der Waals surface area contributed by atoms with Crippen molar-refractivity contribution in [3.05, 3.63) is 64.3 Å². The van der Waals surface area contributed by atoms with E-state index >= 15 is 0 Å². The molecule has 0 saturated carbocycles. The molecular weight excluding hydrogens is 416 g/mol. The topological polar surface area (TPSA) is 105 Å². The fraction of sp³-hybridized carbons (Fsp3) is 0.273. The van der Waals surface area contributed by atoms with Gasteiger partial charge >= 0.3 is 0 Å². The van der Waals surface area contributed by atoms with Crippen molar-refractivity contribution >= 4 is 38.2 Å². The van der Waals surface area contributed by atoms with Crippen LogP contribution in [0, 0.1) is 16.0 Å². The maximum Gasteiger partial charge on any atom is 0.269 e. The number of nitrogens with one attached hydrogen (secondary N) is 1. The molecule has 1 aliphatic heterocycles. The second-order valence-electron chi connectivity index (χ2n) is 7.92. The average Bonchev–Trinajstić information content (AvgIpc) is 3.31. The molecule has 0 aliphatic carbocycles. The molecule has 1 saturated heterocycles. The van der Waals surface area contributed by atoms with E-state index in [-0.39, 0.29) is 11.6 Å². The fourth-order valence-electron chi connectivity index (χ4n) is 4.39. The number of carbonyl (C=O) groups excluding carboxylic acids is 1. The smallest absolute Gasteiger partial charge is 0.269 e. The zero-order valence-electron chi connectivity index (χ0n) is 16.6. The summed E-state index contributed by atoms with van der Waals surface area (Å²) in [6, 6.07) is 14.6. The quantitative estimate of drug-likeness (QED) is 0.379. The van der Waals surface area contributed by atoms with E-state index in [1.807, 2.05) is 12.1 Å². The maximum atomic E-state index is 11.2. The summed E-state index contributed by atoms with van der Waals surface area (Å²) in [4.78, 5) is 28.9. The molecule has 0 spiro atoms. The second kappa shape index (κ2) is 7.75. The molecule has 4 aromatic rings. The van der Waals surface area contributed by atoms with Gasteiger partial charge in [0.2, 0.25) is 0 Å². The molecule has 1 fully saturated rings. The lowest BCUT2D eigenvalue weighted by Gasteiger charge is -2.29. The van der Waals surface area contributed by atoms with Crippen molar-refractivity contribution in [2.45, 2.75) is 19.4 Å². The summed E-state index contributed by atoms with van der Waals surface area (Å²) in [6.45, 7) is 2.22. The molecule has 158 valence electrons. The summed E-state index contributed by atoms with van der Waals surface area (Å²) in [5.41, 5.74) is 3.84. The van der Waals surface area contributed by atoms with Gasteiger partial charge in [0.25, 0.3) is 5.69 Å². The van der Waals surface area contributed by atoms with Crippen LogP contribution in [0.4, 0.5) is 5.69 Å². The number of carboxylic acid groups (broad SMARTS) is 1. The number of rotatable bonds is 5. The molecule has 5 rings (SSSR count). The van der Waals surface area contributed by atoms with Gasteiger partial charge < -0.3 is 14.8 Å². The Morgan fingerprint density at radius 1 is 1.16 bits per heavy atom. The standard InChI is InChI=1S/C22H20N4O4S/c27-21(28)15-9-11-24(12-10-15)13-18-20(14-5-7-16(8-6-14)26(29)30)23-22-25(18)17-3-1-2-4-19(17)31-22/h1-8,15H,9-13H2,(H,27,28). The summed E-state index contributed by atoms with van der Waals surface area (Å²) in [5, 5.41) is 22.2. The Morgan fingerprint density at radius 2 is 1.87 bits per heavy atom. The first-order chi connectivity index (χ1) is 15.0. The molecule has 2 aromatic carbocycles. The van der Waals surface area contributed by atoms with Gasteiger partial charge in [-0.25, -0.2) is 4.98 Å². The molecule has 1 aliphatic rings. The average molecular weight is 436 g/mol. The lowest BCUT2D eigenvalue weighted by Crippen LogP contribution is -3.12. The Balaban J connectivity index is 1.57. The highest BCUT2D eigenvalue weighted by Crippen LogP contribution is 2.33. The lowest BCUT2D eigenvalue weighted by atomic mass is 9.97. The van der Waals surface area contributed by atoms with Crippen LogP contribution in [0.5, 0.6) is 0 Å². The number of carboxylic acids is 1. The Bertz CT molecular complexity index is 1290. The molecular formula is C22H20N4O4S. The summed E-state index contributed by atoms with van der Waals surface area (Å²) < 4.78 is 3.32. The Morgan fingerprint density at radius 3 is 2.55 bits per heavy atom. The van der Waals surface area contributed by atoms with Gasteiger partial charge in [0.15, 0.2) is 4.96 Å². The number of hydrogen-bond donors (Lipinski definition) is 1. The van der Waals surface area contributed by atoms with E-state index < -0.39 is 10.9 Å². The molecule has 3 heterocycles. The van der Waals surface area contributed by atoms with Crippen molar-refractivity contribution in [2.75, 3.05) is 13.1 Å². The number of aromatic nitrogens is 2. The Labute approximate surface area is 181 Å². The van der Waals surface area contributed by atoms with Gasteiger partial charge in [0, 0.05) is 42.4 Å². The summed E-state index contributed by atoms with van der Waals surface area (Å²) in [7, 11) is 0. The number of hydrogen-bond acceptors (Lipinski definition) is 6.